The van der Waals surface area contributed by atoms with Crippen LogP contribution in [0.4, 0.5) is 10.9 Å². The Morgan fingerprint density at radius 2 is 1.83 bits per heavy atom. The second-order valence-electron chi connectivity index (χ2n) is 13.6. The molecule has 2 aromatic heterocycles. The first-order chi connectivity index (χ1) is 23.0. The zero-order valence-corrected chi connectivity index (χ0v) is 31.0. The van der Waals surface area contributed by atoms with Gasteiger partial charge in [0.25, 0.3) is 0 Å². The number of hydrogen-bond donors (Lipinski definition) is 3. The Kier molecular flexibility index (Phi) is 12.3. The van der Waals surface area contributed by atoms with Gasteiger partial charge in [0.2, 0.25) is 0 Å². The van der Waals surface area contributed by atoms with E-state index in [1.165, 1.54) is 17.5 Å². The van der Waals surface area contributed by atoms with Crippen molar-refractivity contribution in [2.75, 3.05) is 41.6 Å². The van der Waals surface area contributed by atoms with Gasteiger partial charge in [-0.1, -0.05) is 99.9 Å². The Labute approximate surface area is 297 Å². The van der Waals surface area contributed by atoms with Gasteiger partial charge in [0.15, 0.2) is 5.13 Å². The highest BCUT2D eigenvalue weighted by Crippen LogP contribution is 2.42. The maximum atomic E-state index is 12.4. The topological polar surface area (TPSA) is 99.6 Å². The van der Waals surface area contributed by atoms with E-state index in [9.17, 15) is 9.90 Å². The number of aliphatic carboxylic acids is 1. The molecule has 0 spiro atoms. The largest absolute Gasteiger partial charge is 0.494 e. The van der Waals surface area contributed by atoms with Crippen molar-refractivity contribution < 1.29 is 14.6 Å². The summed E-state index contributed by atoms with van der Waals surface area (Å²) in [6.07, 6.45) is 3.24. The zero-order chi connectivity index (χ0) is 34.1. The minimum absolute atomic E-state index is 0.206. The molecule has 1 aliphatic rings. The molecule has 0 aliphatic carbocycles. The first-order valence-corrected chi connectivity index (χ1v) is 19.2. The number of aromatic nitrogens is 2. The standard InChI is InChI=1S/C37H47N5O3S3/c1-6-18-37(5,34(43)44)25-42-21-20-38-46-23-17-26-11-7-8-14-29(26)32-33(27-12-9-13-28(24-27)45-22-19-36(2,3)4)47-35(40-32)41-48-31-16-10-15-30(42)39-31/h7-16,24,38H,6,17-23,25H2,1-5H3,(H,40,41)(H,43,44). The van der Waals surface area contributed by atoms with Crippen LogP contribution in [0.3, 0.4) is 0 Å². The summed E-state index contributed by atoms with van der Waals surface area (Å²) < 4.78 is 13.2. The van der Waals surface area contributed by atoms with Crippen LogP contribution in [0.25, 0.3) is 21.7 Å². The first kappa shape index (κ1) is 36.0. The Balaban J connectivity index is 1.48. The summed E-state index contributed by atoms with van der Waals surface area (Å²) in [5.74, 6) is 1.72. The molecule has 3 N–H and O–H groups in total. The molecule has 4 bridgehead atoms. The molecule has 11 heteroatoms. The second-order valence-corrected chi connectivity index (χ2v) is 16.4. The Hall–Kier alpha value is -3.25. The van der Waals surface area contributed by atoms with Crippen molar-refractivity contribution in [3.05, 3.63) is 72.3 Å². The number of ether oxygens (including phenoxy) is 1. The number of aryl methyl sites for hydroxylation is 1. The average molecular weight is 706 g/mol. The summed E-state index contributed by atoms with van der Waals surface area (Å²) >= 11 is 4.73. The van der Waals surface area contributed by atoms with Gasteiger partial charge in [-0.2, -0.15) is 0 Å². The summed E-state index contributed by atoms with van der Waals surface area (Å²) in [5.41, 5.74) is 3.71. The molecule has 0 fully saturated rings. The number of nitrogens with zero attached hydrogens (tertiary/aromatic N) is 3. The van der Waals surface area contributed by atoms with Gasteiger partial charge in [-0.15, -0.1) is 0 Å². The molecule has 0 saturated carbocycles. The minimum atomic E-state index is -0.879. The zero-order valence-electron chi connectivity index (χ0n) is 28.5. The third kappa shape index (κ3) is 9.68. The maximum Gasteiger partial charge on any atom is 0.311 e. The fraction of sp³-hybridized carbons (Fsp3) is 0.432. The number of carboxylic acid groups (broad SMARTS) is 1. The predicted molar refractivity (Wildman–Crippen MR) is 203 cm³/mol. The smallest absolute Gasteiger partial charge is 0.311 e. The van der Waals surface area contributed by atoms with Crippen molar-refractivity contribution in [1.29, 1.82) is 0 Å². The lowest BCUT2D eigenvalue weighted by molar-refractivity contribution is -0.147. The third-order valence-corrected chi connectivity index (χ3v) is 11.0. The SMILES string of the molecule is CCCC(C)(CN1CCNSCCc2ccccc2-c2nc(sc2-c2cccc(OCCC(C)(C)C)c2)NSc2cccc1n2)C(=O)O. The average Bonchev–Trinajstić information content (AvgIpc) is 3.48. The van der Waals surface area contributed by atoms with Crippen molar-refractivity contribution in [2.45, 2.75) is 65.3 Å². The normalized spacial score (nSPS) is 15.5. The highest BCUT2D eigenvalue weighted by molar-refractivity contribution is 8.00. The predicted octanol–water partition coefficient (Wildman–Crippen LogP) is 9.30. The molecule has 0 amide bonds. The fourth-order valence-electron chi connectivity index (χ4n) is 5.63. The van der Waals surface area contributed by atoms with Crippen LogP contribution in [-0.4, -0.2) is 53.0 Å². The van der Waals surface area contributed by atoms with Gasteiger partial charge in [0.1, 0.15) is 16.6 Å². The van der Waals surface area contributed by atoms with E-state index in [2.05, 4.69) is 77.6 Å². The van der Waals surface area contributed by atoms with Crippen molar-refractivity contribution in [3.63, 3.8) is 0 Å². The van der Waals surface area contributed by atoms with Crippen LogP contribution in [0.1, 0.15) is 59.4 Å². The molecule has 5 rings (SSSR count). The van der Waals surface area contributed by atoms with Crippen LogP contribution >= 0.6 is 35.2 Å². The molecule has 0 saturated heterocycles. The highest BCUT2D eigenvalue weighted by atomic mass is 32.2. The van der Waals surface area contributed by atoms with Gasteiger partial charge in [-0.3, -0.25) is 9.52 Å². The van der Waals surface area contributed by atoms with E-state index in [0.717, 1.165) is 68.4 Å². The number of anilines is 2. The summed E-state index contributed by atoms with van der Waals surface area (Å²) in [7, 11) is 0. The molecule has 0 radical (unpaired) electrons. The number of rotatable bonds is 9. The van der Waals surface area contributed by atoms with Crippen molar-refractivity contribution >= 4 is 52.2 Å². The number of thiazole rings is 1. The summed E-state index contributed by atoms with van der Waals surface area (Å²) in [6.45, 7) is 12.9. The number of carboxylic acids is 1. The number of carbonyl (C=O) groups is 1. The maximum absolute atomic E-state index is 12.4. The summed E-state index contributed by atoms with van der Waals surface area (Å²) in [6, 6.07) is 22.8. The van der Waals surface area contributed by atoms with E-state index >= 15 is 0 Å². The first-order valence-electron chi connectivity index (χ1n) is 16.6. The van der Waals surface area contributed by atoms with E-state index < -0.39 is 11.4 Å². The molecule has 2 aromatic carbocycles. The molecule has 1 atom stereocenters. The molecular formula is C37H47N5O3S3. The molecule has 3 heterocycles. The van der Waals surface area contributed by atoms with E-state index in [-0.39, 0.29) is 5.41 Å². The van der Waals surface area contributed by atoms with Crippen molar-refractivity contribution in [2.24, 2.45) is 10.8 Å². The lowest BCUT2D eigenvalue weighted by atomic mass is 9.85. The van der Waals surface area contributed by atoms with Crippen LogP contribution < -0.4 is 19.1 Å². The molecule has 1 aliphatic heterocycles. The monoisotopic (exact) mass is 705 g/mol. The Morgan fingerprint density at radius 1 is 1.02 bits per heavy atom. The van der Waals surface area contributed by atoms with Crippen LogP contribution in [0, 0.1) is 10.8 Å². The number of pyridine rings is 1. The number of benzene rings is 2. The van der Waals surface area contributed by atoms with Crippen LogP contribution in [-0.2, 0) is 11.2 Å². The van der Waals surface area contributed by atoms with Crippen LogP contribution in [0.5, 0.6) is 5.75 Å². The van der Waals surface area contributed by atoms with Gasteiger partial charge in [0, 0.05) is 42.9 Å². The fourth-order valence-corrected chi connectivity index (χ4v) is 7.98. The lowest BCUT2D eigenvalue weighted by Crippen LogP contribution is -2.43. The van der Waals surface area contributed by atoms with Crippen LogP contribution in [0.2, 0.25) is 0 Å². The molecule has 1 unspecified atom stereocenters. The Bertz CT molecular complexity index is 1670. The van der Waals surface area contributed by atoms with Crippen molar-refractivity contribution in [1.82, 2.24) is 14.7 Å². The quantitative estimate of drug-likeness (QED) is 0.146. The lowest BCUT2D eigenvalue weighted by Gasteiger charge is -2.33. The van der Waals surface area contributed by atoms with E-state index in [1.807, 2.05) is 38.1 Å². The van der Waals surface area contributed by atoms with E-state index in [0.29, 0.717) is 32.7 Å². The second kappa shape index (κ2) is 16.4. The molecule has 8 nitrogen and oxygen atoms in total. The molecule has 48 heavy (non-hydrogen) atoms. The Morgan fingerprint density at radius 3 is 2.62 bits per heavy atom. The van der Waals surface area contributed by atoms with Crippen molar-refractivity contribution in [3.8, 4) is 27.4 Å². The van der Waals surface area contributed by atoms with E-state index in [1.54, 1.807) is 23.3 Å². The highest BCUT2D eigenvalue weighted by Gasteiger charge is 2.35. The number of fused-ring (bicyclic) bond motifs is 6. The summed E-state index contributed by atoms with van der Waals surface area (Å²) in [4.78, 5) is 25.7. The minimum Gasteiger partial charge on any atom is -0.494 e. The third-order valence-electron chi connectivity index (χ3n) is 8.31. The molecular weight excluding hydrogens is 659 g/mol. The number of nitrogens with one attached hydrogen (secondary N) is 2. The summed E-state index contributed by atoms with van der Waals surface area (Å²) in [5, 5.41) is 11.7. The van der Waals surface area contributed by atoms with Gasteiger partial charge >= 0.3 is 5.97 Å². The molecule has 256 valence electrons. The van der Waals surface area contributed by atoms with Gasteiger partial charge in [0.05, 0.1) is 22.6 Å². The van der Waals surface area contributed by atoms with Gasteiger partial charge in [-0.05, 0) is 67.0 Å². The van der Waals surface area contributed by atoms with Gasteiger partial charge in [-0.25, -0.2) is 9.97 Å². The van der Waals surface area contributed by atoms with Crippen LogP contribution in [0.15, 0.2) is 71.8 Å². The number of hydrogen-bond acceptors (Lipinski definition) is 10. The molecule has 4 aromatic rings. The van der Waals surface area contributed by atoms with E-state index in [4.69, 9.17) is 14.7 Å². The van der Waals surface area contributed by atoms with Gasteiger partial charge < -0.3 is 19.5 Å².